The first-order chi connectivity index (χ1) is 10.6. The molecule has 3 rings (SSSR count). The van der Waals surface area contributed by atoms with Crippen LogP contribution in [0.3, 0.4) is 0 Å². The number of rotatable bonds is 3. The molecule has 114 valence electrons. The molecule has 1 N–H and O–H groups in total. The second kappa shape index (κ2) is 5.59. The van der Waals surface area contributed by atoms with Crippen LogP contribution in [0.5, 0.6) is 0 Å². The summed E-state index contributed by atoms with van der Waals surface area (Å²) < 4.78 is 4.59. The molecule has 0 aliphatic carbocycles. The molecule has 0 saturated heterocycles. The molecule has 2 heterocycles. The summed E-state index contributed by atoms with van der Waals surface area (Å²) >= 11 is 0. The number of anilines is 1. The average molecular weight is 300 g/mol. The van der Waals surface area contributed by atoms with Crippen molar-refractivity contribution in [3.8, 4) is 0 Å². The van der Waals surface area contributed by atoms with Gasteiger partial charge >= 0.3 is 5.97 Å². The second-order valence-corrected chi connectivity index (χ2v) is 5.11. The second-order valence-electron chi connectivity index (χ2n) is 5.11. The number of hydrogen-bond donors (Lipinski definition) is 1. The molecule has 0 aromatic heterocycles. The Kier molecular flexibility index (Phi) is 3.62. The van der Waals surface area contributed by atoms with Gasteiger partial charge in [-0.2, -0.15) is 5.10 Å². The van der Waals surface area contributed by atoms with Crippen LogP contribution >= 0.6 is 0 Å². The molecule has 0 fully saturated rings. The minimum absolute atomic E-state index is 0.135. The average Bonchev–Trinajstić information content (AvgIpc) is 2.85. The lowest BCUT2D eigenvalue weighted by molar-refractivity contribution is -0.139. The number of carbonyl (C=O) groups is 2. The summed E-state index contributed by atoms with van der Waals surface area (Å²) in [5, 5.41) is 9.10. The minimum atomic E-state index is -0.486. The molecule has 7 heteroatoms. The van der Waals surface area contributed by atoms with Gasteiger partial charge in [-0.1, -0.05) is 18.2 Å². The van der Waals surface area contributed by atoms with Crippen molar-refractivity contribution < 1.29 is 14.3 Å². The van der Waals surface area contributed by atoms with Crippen LogP contribution in [-0.4, -0.2) is 42.6 Å². The Morgan fingerprint density at radius 1 is 1.36 bits per heavy atom. The minimum Gasteiger partial charge on any atom is -0.469 e. The van der Waals surface area contributed by atoms with Crippen molar-refractivity contribution in [2.45, 2.75) is 25.6 Å². The maximum atomic E-state index is 12.1. The van der Waals surface area contributed by atoms with Gasteiger partial charge in [-0.25, -0.2) is 5.01 Å². The number of nitrogens with zero attached hydrogens (tertiary/aromatic N) is 3. The fourth-order valence-electron chi connectivity index (χ4n) is 2.54. The molecule has 1 aromatic carbocycles. The fraction of sp³-hybridized carbons (Fsp3) is 0.333. The van der Waals surface area contributed by atoms with E-state index in [-0.39, 0.29) is 30.2 Å². The number of nitrogens with one attached hydrogen (secondary N) is 1. The molecular weight excluding hydrogens is 284 g/mol. The van der Waals surface area contributed by atoms with Crippen molar-refractivity contribution in [1.29, 1.82) is 0 Å². The van der Waals surface area contributed by atoms with Crippen molar-refractivity contribution in [2.24, 2.45) is 10.1 Å². The van der Waals surface area contributed by atoms with Gasteiger partial charge in [-0.15, -0.1) is 0 Å². The predicted molar refractivity (Wildman–Crippen MR) is 81.8 cm³/mol. The number of hydrazone groups is 1. The zero-order chi connectivity index (χ0) is 15.7. The number of aliphatic imine (C=N–C) groups is 1. The van der Waals surface area contributed by atoms with Crippen LogP contribution in [-0.2, 0) is 14.3 Å². The quantitative estimate of drug-likeness (QED) is 0.833. The predicted octanol–water partition coefficient (Wildman–Crippen LogP) is 0.711. The Hall–Kier alpha value is -2.70. The third-order valence-electron chi connectivity index (χ3n) is 3.65. The SMILES string of the molecule is COC(=O)CC1=N[C@@H]2C(C)=NN(c3ccccc3)[C@H]2NC1=O. The molecule has 1 aromatic rings. The molecule has 22 heavy (non-hydrogen) atoms. The summed E-state index contributed by atoms with van der Waals surface area (Å²) in [5.41, 5.74) is 1.84. The first-order valence-corrected chi connectivity index (χ1v) is 6.94. The Bertz CT molecular complexity index is 669. The molecule has 2 aliphatic rings. The number of ether oxygens (including phenoxy) is 1. The molecule has 2 atom stereocenters. The number of esters is 1. The van der Waals surface area contributed by atoms with Crippen LogP contribution < -0.4 is 10.3 Å². The summed E-state index contributed by atoms with van der Waals surface area (Å²) in [4.78, 5) is 27.9. The molecule has 0 unspecified atom stereocenters. The van der Waals surface area contributed by atoms with E-state index in [1.165, 1.54) is 7.11 Å². The van der Waals surface area contributed by atoms with Crippen molar-refractivity contribution in [2.75, 3.05) is 12.1 Å². The highest BCUT2D eigenvalue weighted by molar-refractivity contribution is 6.42. The first kappa shape index (κ1) is 14.2. The lowest BCUT2D eigenvalue weighted by Crippen LogP contribution is -2.56. The molecule has 0 bridgehead atoms. The van der Waals surface area contributed by atoms with E-state index >= 15 is 0 Å². The van der Waals surface area contributed by atoms with E-state index in [1.54, 1.807) is 5.01 Å². The number of fused-ring (bicyclic) bond motifs is 1. The molecular formula is C15H16N4O3. The summed E-state index contributed by atoms with van der Waals surface area (Å²) in [6.45, 7) is 1.86. The summed E-state index contributed by atoms with van der Waals surface area (Å²) in [7, 11) is 1.28. The topological polar surface area (TPSA) is 83.4 Å². The maximum Gasteiger partial charge on any atom is 0.311 e. The van der Waals surface area contributed by atoms with Crippen molar-refractivity contribution in [1.82, 2.24) is 5.32 Å². The molecule has 0 saturated carbocycles. The van der Waals surface area contributed by atoms with Gasteiger partial charge in [-0.3, -0.25) is 14.6 Å². The molecule has 1 amide bonds. The smallest absolute Gasteiger partial charge is 0.311 e. The Morgan fingerprint density at radius 2 is 2.09 bits per heavy atom. The molecule has 7 nitrogen and oxygen atoms in total. The van der Waals surface area contributed by atoms with Crippen LogP contribution in [0.15, 0.2) is 40.4 Å². The molecule has 2 aliphatic heterocycles. The fourth-order valence-corrected chi connectivity index (χ4v) is 2.54. The largest absolute Gasteiger partial charge is 0.469 e. The zero-order valence-electron chi connectivity index (χ0n) is 12.3. The van der Waals surface area contributed by atoms with Crippen molar-refractivity contribution >= 4 is 29.0 Å². The molecule has 0 spiro atoms. The van der Waals surface area contributed by atoms with Gasteiger partial charge in [0.15, 0.2) is 6.17 Å². The van der Waals surface area contributed by atoms with Gasteiger partial charge in [-0.05, 0) is 19.1 Å². The van der Waals surface area contributed by atoms with Crippen molar-refractivity contribution in [3.63, 3.8) is 0 Å². The van der Waals surface area contributed by atoms with Gasteiger partial charge < -0.3 is 10.1 Å². The first-order valence-electron chi connectivity index (χ1n) is 6.94. The van der Waals surface area contributed by atoms with Gasteiger partial charge in [0, 0.05) is 0 Å². The Balaban J connectivity index is 1.88. The van der Waals surface area contributed by atoms with Gasteiger partial charge in [0.25, 0.3) is 5.91 Å². The Labute approximate surface area is 127 Å². The highest BCUT2D eigenvalue weighted by Gasteiger charge is 2.41. The van der Waals surface area contributed by atoms with E-state index in [9.17, 15) is 9.59 Å². The third kappa shape index (κ3) is 2.45. The lowest BCUT2D eigenvalue weighted by atomic mass is 10.1. The zero-order valence-corrected chi connectivity index (χ0v) is 12.3. The van der Waals surface area contributed by atoms with E-state index in [2.05, 4.69) is 20.1 Å². The van der Waals surface area contributed by atoms with Gasteiger partial charge in [0.05, 0.1) is 24.9 Å². The van der Waals surface area contributed by atoms with Gasteiger partial charge in [0.1, 0.15) is 11.8 Å². The third-order valence-corrected chi connectivity index (χ3v) is 3.65. The highest BCUT2D eigenvalue weighted by atomic mass is 16.5. The Morgan fingerprint density at radius 3 is 2.77 bits per heavy atom. The van der Waals surface area contributed by atoms with E-state index in [0.717, 1.165) is 11.4 Å². The number of carbonyl (C=O) groups excluding carboxylic acids is 2. The lowest BCUT2D eigenvalue weighted by Gasteiger charge is -2.30. The summed E-state index contributed by atoms with van der Waals surface area (Å²) in [6.07, 6.45) is -0.499. The van der Waals surface area contributed by atoms with Crippen LogP contribution in [0, 0.1) is 0 Å². The monoisotopic (exact) mass is 300 g/mol. The normalized spacial score (nSPS) is 23.4. The highest BCUT2D eigenvalue weighted by Crippen LogP contribution is 2.26. The summed E-state index contributed by atoms with van der Waals surface area (Å²) in [5.74, 6) is -0.850. The van der Waals surface area contributed by atoms with Crippen LogP contribution in [0.25, 0.3) is 0 Å². The van der Waals surface area contributed by atoms with E-state index < -0.39 is 5.97 Å². The number of hydrogen-bond acceptors (Lipinski definition) is 6. The van der Waals surface area contributed by atoms with E-state index in [1.807, 2.05) is 37.3 Å². The number of methoxy groups -OCH3 is 1. The number of para-hydroxylation sites is 1. The molecule has 0 radical (unpaired) electrons. The number of amides is 1. The van der Waals surface area contributed by atoms with E-state index in [4.69, 9.17) is 0 Å². The van der Waals surface area contributed by atoms with Crippen LogP contribution in [0.1, 0.15) is 13.3 Å². The summed E-state index contributed by atoms with van der Waals surface area (Å²) in [6, 6.07) is 9.27. The van der Waals surface area contributed by atoms with Crippen LogP contribution in [0.2, 0.25) is 0 Å². The van der Waals surface area contributed by atoms with E-state index in [0.29, 0.717) is 0 Å². The van der Waals surface area contributed by atoms with Gasteiger partial charge in [0.2, 0.25) is 0 Å². The number of benzene rings is 1. The standard InChI is InChI=1S/C15H16N4O3/c1-9-13-14(19(18-9)10-6-4-3-5-7-10)17-15(21)11(16-13)8-12(20)22-2/h3-7,13-14H,8H2,1-2H3,(H,17,21)/t13-,14-/m1/s1. The van der Waals surface area contributed by atoms with Crippen LogP contribution in [0.4, 0.5) is 5.69 Å². The maximum absolute atomic E-state index is 12.1. The van der Waals surface area contributed by atoms with Crippen molar-refractivity contribution in [3.05, 3.63) is 30.3 Å².